The Labute approximate surface area is 107 Å². The van der Waals surface area contributed by atoms with E-state index in [1.165, 1.54) is 11.9 Å². The molecule has 1 N–H and O–H groups in total. The molecular formula is C12H21NO5. The third-order valence-electron chi connectivity index (χ3n) is 3.03. The Morgan fingerprint density at radius 3 is 2.17 bits per heavy atom. The topological polar surface area (TPSA) is 76.1 Å². The summed E-state index contributed by atoms with van der Waals surface area (Å²) < 4.78 is 10.4. The third-order valence-corrected chi connectivity index (χ3v) is 3.03. The van der Waals surface area contributed by atoms with Gasteiger partial charge in [0.15, 0.2) is 0 Å². The minimum Gasteiger partial charge on any atom is -0.479 e. The number of hydrogen-bond donors (Lipinski definition) is 1. The summed E-state index contributed by atoms with van der Waals surface area (Å²) in [7, 11) is 1.47. The van der Waals surface area contributed by atoms with Crippen LogP contribution < -0.4 is 0 Å². The van der Waals surface area contributed by atoms with Crippen molar-refractivity contribution in [3.8, 4) is 0 Å². The van der Waals surface area contributed by atoms with E-state index in [-0.39, 0.29) is 12.8 Å². The number of likely N-dealkylation sites (N-methyl/N-ethyl adjacent to an activating group) is 1. The fourth-order valence-corrected chi connectivity index (χ4v) is 1.91. The van der Waals surface area contributed by atoms with Crippen LogP contribution in [0.4, 0.5) is 4.79 Å². The summed E-state index contributed by atoms with van der Waals surface area (Å²) in [5.41, 5.74) is -1.86. The van der Waals surface area contributed by atoms with Gasteiger partial charge in [0.05, 0.1) is 0 Å². The SMILES string of the molecule is CN(C(=O)OC(C)(C)C)C1(C(=O)O)CCOCC1. The van der Waals surface area contributed by atoms with E-state index >= 15 is 0 Å². The zero-order valence-corrected chi connectivity index (χ0v) is 11.4. The smallest absolute Gasteiger partial charge is 0.410 e. The summed E-state index contributed by atoms with van der Waals surface area (Å²) in [4.78, 5) is 24.6. The molecule has 0 aromatic heterocycles. The Hall–Kier alpha value is -1.30. The van der Waals surface area contributed by atoms with E-state index in [1.54, 1.807) is 20.8 Å². The molecule has 0 aliphatic carbocycles. The molecule has 1 saturated heterocycles. The lowest BCUT2D eigenvalue weighted by Gasteiger charge is -2.40. The van der Waals surface area contributed by atoms with E-state index in [4.69, 9.17) is 9.47 Å². The van der Waals surface area contributed by atoms with Gasteiger partial charge in [0, 0.05) is 33.1 Å². The maximum Gasteiger partial charge on any atom is 0.410 e. The minimum absolute atomic E-state index is 0.276. The van der Waals surface area contributed by atoms with Crippen LogP contribution in [0.2, 0.25) is 0 Å². The molecule has 0 radical (unpaired) electrons. The van der Waals surface area contributed by atoms with Gasteiger partial charge < -0.3 is 14.6 Å². The highest BCUT2D eigenvalue weighted by Crippen LogP contribution is 2.28. The van der Waals surface area contributed by atoms with Gasteiger partial charge in [-0.15, -0.1) is 0 Å². The third kappa shape index (κ3) is 3.13. The maximum atomic E-state index is 12.0. The number of ether oxygens (including phenoxy) is 2. The average molecular weight is 259 g/mol. The van der Waals surface area contributed by atoms with Crippen LogP contribution in [0.15, 0.2) is 0 Å². The van der Waals surface area contributed by atoms with Gasteiger partial charge in [-0.05, 0) is 20.8 Å². The van der Waals surface area contributed by atoms with Crippen LogP contribution in [0.1, 0.15) is 33.6 Å². The predicted molar refractivity (Wildman–Crippen MR) is 64.4 cm³/mol. The number of rotatable bonds is 2. The average Bonchev–Trinajstić information content (AvgIpc) is 2.26. The van der Waals surface area contributed by atoms with Crippen LogP contribution in [0.25, 0.3) is 0 Å². The molecule has 6 heteroatoms. The van der Waals surface area contributed by atoms with Crippen LogP contribution in [0, 0.1) is 0 Å². The normalized spacial score (nSPS) is 19.1. The van der Waals surface area contributed by atoms with Gasteiger partial charge in [-0.1, -0.05) is 0 Å². The van der Waals surface area contributed by atoms with Crippen molar-refractivity contribution in [1.82, 2.24) is 4.90 Å². The summed E-state index contributed by atoms with van der Waals surface area (Å²) in [6.07, 6.45) is -0.0670. The second-order valence-corrected chi connectivity index (χ2v) is 5.49. The van der Waals surface area contributed by atoms with E-state index in [1.807, 2.05) is 0 Å². The highest BCUT2D eigenvalue weighted by Gasteiger charge is 2.47. The second kappa shape index (κ2) is 5.14. The van der Waals surface area contributed by atoms with E-state index in [0.717, 1.165) is 0 Å². The van der Waals surface area contributed by atoms with Gasteiger partial charge in [-0.3, -0.25) is 4.90 Å². The van der Waals surface area contributed by atoms with Gasteiger partial charge in [0.1, 0.15) is 11.1 Å². The van der Waals surface area contributed by atoms with E-state index < -0.39 is 23.2 Å². The first kappa shape index (κ1) is 14.8. The standard InChI is InChI=1S/C12H21NO5/c1-11(2,3)18-10(16)13(4)12(9(14)15)5-7-17-8-6-12/h5-8H2,1-4H3,(H,14,15). The lowest BCUT2D eigenvalue weighted by atomic mass is 9.89. The molecule has 0 spiro atoms. The minimum atomic E-state index is -1.22. The Morgan fingerprint density at radius 2 is 1.78 bits per heavy atom. The highest BCUT2D eigenvalue weighted by molar-refractivity contribution is 5.84. The number of aliphatic carboxylic acids is 1. The van der Waals surface area contributed by atoms with Gasteiger partial charge in [0.25, 0.3) is 0 Å². The van der Waals surface area contributed by atoms with Crippen LogP contribution >= 0.6 is 0 Å². The predicted octanol–water partition coefficient (Wildman–Crippen LogP) is 1.49. The van der Waals surface area contributed by atoms with Crippen molar-refractivity contribution in [2.75, 3.05) is 20.3 Å². The molecule has 0 aromatic carbocycles. The van der Waals surface area contributed by atoms with Crippen LogP contribution in [0.3, 0.4) is 0 Å². The quantitative estimate of drug-likeness (QED) is 0.813. The van der Waals surface area contributed by atoms with Crippen molar-refractivity contribution >= 4 is 12.1 Å². The summed E-state index contributed by atoms with van der Waals surface area (Å²) in [6.45, 7) is 5.90. The lowest BCUT2D eigenvalue weighted by Crippen LogP contribution is -2.58. The number of nitrogens with zero attached hydrogens (tertiary/aromatic N) is 1. The number of carboxylic acids is 1. The summed E-state index contributed by atoms with van der Waals surface area (Å²) in [5, 5.41) is 9.40. The molecule has 1 aliphatic heterocycles. The van der Waals surface area contributed by atoms with E-state index in [9.17, 15) is 14.7 Å². The van der Waals surface area contributed by atoms with Gasteiger partial charge in [0.2, 0.25) is 0 Å². The molecule has 1 rings (SSSR count). The molecule has 0 aromatic rings. The van der Waals surface area contributed by atoms with Crippen molar-refractivity contribution in [2.24, 2.45) is 0 Å². The molecule has 6 nitrogen and oxygen atoms in total. The highest BCUT2D eigenvalue weighted by atomic mass is 16.6. The van der Waals surface area contributed by atoms with Crippen molar-refractivity contribution in [3.05, 3.63) is 0 Å². The molecule has 18 heavy (non-hydrogen) atoms. The zero-order valence-electron chi connectivity index (χ0n) is 11.4. The van der Waals surface area contributed by atoms with Gasteiger partial charge in [-0.25, -0.2) is 9.59 Å². The first-order valence-electron chi connectivity index (χ1n) is 5.97. The molecule has 0 atom stereocenters. The Morgan fingerprint density at radius 1 is 1.28 bits per heavy atom. The number of carbonyl (C=O) groups is 2. The number of carboxylic acid groups (broad SMARTS) is 1. The second-order valence-electron chi connectivity index (χ2n) is 5.49. The summed E-state index contributed by atoms with van der Waals surface area (Å²) in [6, 6.07) is 0. The van der Waals surface area contributed by atoms with Gasteiger partial charge in [-0.2, -0.15) is 0 Å². The van der Waals surface area contributed by atoms with Crippen LogP contribution in [-0.2, 0) is 14.3 Å². The van der Waals surface area contributed by atoms with Crippen molar-refractivity contribution in [2.45, 2.75) is 44.8 Å². The van der Waals surface area contributed by atoms with Crippen molar-refractivity contribution in [1.29, 1.82) is 0 Å². The molecule has 1 fully saturated rings. The zero-order chi connectivity index (χ0) is 14.0. The Kier molecular flexibility index (Phi) is 4.21. The molecule has 0 unspecified atom stereocenters. The fraction of sp³-hybridized carbons (Fsp3) is 0.833. The molecule has 1 aliphatic rings. The monoisotopic (exact) mass is 259 g/mol. The lowest BCUT2D eigenvalue weighted by molar-refractivity contribution is -0.156. The molecular weight excluding hydrogens is 238 g/mol. The molecule has 0 bridgehead atoms. The van der Waals surface area contributed by atoms with Crippen molar-refractivity contribution < 1.29 is 24.2 Å². The molecule has 0 saturated carbocycles. The van der Waals surface area contributed by atoms with Crippen LogP contribution in [0.5, 0.6) is 0 Å². The number of hydrogen-bond acceptors (Lipinski definition) is 4. The Bertz CT molecular complexity index is 328. The molecule has 104 valence electrons. The molecule has 1 amide bonds. The first-order valence-corrected chi connectivity index (χ1v) is 5.97. The van der Waals surface area contributed by atoms with E-state index in [2.05, 4.69) is 0 Å². The molecule has 1 heterocycles. The Balaban J connectivity index is 2.86. The summed E-state index contributed by atoms with van der Waals surface area (Å²) >= 11 is 0. The van der Waals surface area contributed by atoms with Crippen LogP contribution in [-0.4, -0.2) is 53.5 Å². The number of amides is 1. The van der Waals surface area contributed by atoms with Gasteiger partial charge >= 0.3 is 12.1 Å². The maximum absolute atomic E-state index is 12.0. The largest absolute Gasteiger partial charge is 0.479 e. The number of carbonyl (C=O) groups excluding carboxylic acids is 1. The van der Waals surface area contributed by atoms with Crippen molar-refractivity contribution in [3.63, 3.8) is 0 Å². The van der Waals surface area contributed by atoms with E-state index in [0.29, 0.717) is 13.2 Å². The first-order chi connectivity index (χ1) is 8.19. The fourth-order valence-electron chi connectivity index (χ4n) is 1.91. The summed E-state index contributed by atoms with van der Waals surface area (Å²) in [5.74, 6) is -1.01.